The lowest BCUT2D eigenvalue weighted by Gasteiger charge is -2.22. The summed E-state index contributed by atoms with van der Waals surface area (Å²) < 4.78 is 11.2. The molecule has 0 unspecified atom stereocenters. The topological polar surface area (TPSA) is 29.1 Å². The van der Waals surface area contributed by atoms with Crippen LogP contribution in [0.25, 0.3) is 0 Å². The first-order valence-electron chi connectivity index (χ1n) is 5.37. The number of rotatable bonds is 3. The second kappa shape index (κ2) is 5.23. The molecule has 1 aliphatic rings. The third kappa shape index (κ3) is 3.13. The molecule has 4 heteroatoms. The summed E-state index contributed by atoms with van der Waals surface area (Å²) in [4.78, 5) is 1.43. The third-order valence-corrected chi connectivity index (χ3v) is 5.31. The summed E-state index contributed by atoms with van der Waals surface area (Å²) in [6.45, 7) is 3.13. The zero-order valence-electron chi connectivity index (χ0n) is 8.99. The minimum absolute atomic E-state index is 0.543. The van der Waals surface area contributed by atoms with E-state index in [-0.39, 0.29) is 0 Å². The second-order valence-corrected chi connectivity index (χ2v) is 6.73. The van der Waals surface area contributed by atoms with E-state index in [1.54, 1.807) is 0 Å². The highest BCUT2D eigenvalue weighted by Gasteiger charge is 2.17. The summed E-state index contributed by atoms with van der Waals surface area (Å²) in [7, 11) is -0.543. The predicted molar refractivity (Wildman–Crippen MR) is 66.8 cm³/mol. The molecule has 1 aromatic heterocycles. The zero-order chi connectivity index (χ0) is 10.7. The van der Waals surface area contributed by atoms with Gasteiger partial charge in [0.15, 0.2) is 0 Å². The maximum Gasteiger partial charge on any atom is 0.0304 e. The van der Waals surface area contributed by atoms with E-state index in [0.29, 0.717) is 6.04 Å². The first-order valence-corrected chi connectivity index (χ1v) is 7.74. The molecule has 0 bridgehead atoms. The van der Waals surface area contributed by atoms with Crippen molar-refractivity contribution in [2.75, 3.05) is 11.5 Å². The van der Waals surface area contributed by atoms with Gasteiger partial charge in [-0.3, -0.25) is 4.21 Å². The number of thiophene rings is 1. The summed E-state index contributed by atoms with van der Waals surface area (Å²) in [6, 6.07) is 2.74. The van der Waals surface area contributed by atoms with Crippen molar-refractivity contribution in [2.24, 2.45) is 0 Å². The van der Waals surface area contributed by atoms with E-state index in [0.717, 1.165) is 30.9 Å². The Kier molecular flexibility index (Phi) is 3.94. The molecular weight excluding hydrogens is 226 g/mol. The van der Waals surface area contributed by atoms with Crippen LogP contribution in [0.1, 0.15) is 23.3 Å². The number of hydrogen-bond acceptors (Lipinski definition) is 3. The summed E-state index contributed by atoms with van der Waals surface area (Å²) in [5.41, 5.74) is 1.38. The Morgan fingerprint density at radius 3 is 2.87 bits per heavy atom. The van der Waals surface area contributed by atoms with E-state index < -0.39 is 10.8 Å². The van der Waals surface area contributed by atoms with Crippen molar-refractivity contribution in [1.82, 2.24) is 5.32 Å². The van der Waals surface area contributed by atoms with E-state index >= 15 is 0 Å². The van der Waals surface area contributed by atoms with Gasteiger partial charge < -0.3 is 5.32 Å². The van der Waals surface area contributed by atoms with Crippen LogP contribution in [0.3, 0.4) is 0 Å². The van der Waals surface area contributed by atoms with Gasteiger partial charge in [0, 0.05) is 39.8 Å². The van der Waals surface area contributed by atoms with Crippen LogP contribution < -0.4 is 5.32 Å². The summed E-state index contributed by atoms with van der Waals surface area (Å²) in [6.07, 6.45) is 2.13. The van der Waals surface area contributed by atoms with Crippen LogP contribution in [0.15, 0.2) is 11.4 Å². The Morgan fingerprint density at radius 1 is 1.53 bits per heavy atom. The van der Waals surface area contributed by atoms with E-state index in [9.17, 15) is 4.21 Å². The fourth-order valence-corrected chi connectivity index (χ4v) is 3.98. The maximum absolute atomic E-state index is 11.2. The smallest absolute Gasteiger partial charge is 0.0304 e. The van der Waals surface area contributed by atoms with Crippen molar-refractivity contribution < 1.29 is 4.21 Å². The van der Waals surface area contributed by atoms with Gasteiger partial charge in [-0.2, -0.15) is 0 Å². The van der Waals surface area contributed by atoms with E-state index in [4.69, 9.17) is 0 Å². The van der Waals surface area contributed by atoms with E-state index in [1.165, 1.54) is 10.4 Å². The van der Waals surface area contributed by atoms with Gasteiger partial charge in [0.2, 0.25) is 0 Å². The summed E-state index contributed by atoms with van der Waals surface area (Å²) in [5.74, 6) is 1.75. The molecule has 0 atom stereocenters. The molecule has 1 N–H and O–H groups in total. The highest BCUT2D eigenvalue weighted by Crippen LogP contribution is 2.16. The van der Waals surface area contributed by atoms with Gasteiger partial charge >= 0.3 is 0 Å². The highest BCUT2D eigenvalue weighted by atomic mass is 32.2. The van der Waals surface area contributed by atoms with Crippen LogP contribution >= 0.6 is 11.3 Å². The lowest BCUT2D eigenvalue weighted by molar-refractivity contribution is 0.477. The average molecular weight is 243 g/mol. The zero-order valence-corrected chi connectivity index (χ0v) is 10.6. The molecular formula is C11H17NOS2. The molecule has 0 amide bonds. The molecule has 1 fully saturated rings. The minimum atomic E-state index is -0.543. The highest BCUT2D eigenvalue weighted by molar-refractivity contribution is 7.85. The normalized spacial score (nSPS) is 26.7. The first kappa shape index (κ1) is 11.3. The molecule has 0 radical (unpaired) electrons. The molecule has 2 rings (SSSR count). The molecule has 1 aromatic rings. The Bertz CT molecular complexity index is 338. The van der Waals surface area contributed by atoms with Crippen molar-refractivity contribution in [1.29, 1.82) is 0 Å². The third-order valence-electron chi connectivity index (χ3n) is 2.91. The number of aryl methyl sites for hydroxylation is 1. The van der Waals surface area contributed by atoms with Crippen molar-refractivity contribution >= 4 is 22.1 Å². The van der Waals surface area contributed by atoms with Gasteiger partial charge in [0.25, 0.3) is 0 Å². The molecule has 0 aromatic carbocycles. The van der Waals surface area contributed by atoms with Crippen LogP contribution in [0.2, 0.25) is 0 Å². The molecule has 1 saturated heterocycles. The first-order chi connectivity index (χ1) is 7.25. The van der Waals surface area contributed by atoms with Crippen molar-refractivity contribution in [3.63, 3.8) is 0 Å². The lowest BCUT2D eigenvalue weighted by atomic mass is 10.1. The Morgan fingerprint density at radius 2 is 2.27 bits per heavy atom. The fourth-order valence-electron chi connectivity index (χ4n) is 1.82. The van der Waals surface area contributed by atoms with Gasteiger partial charge in [-0.05, 0) is 36.8 Å². The SMILES string of the molecule is Cc1ccsc1CNC1CCS(=O)CC1. The van der Waals surface area contributed by atoms with E-state index in [2.05, 4.69) is 23.7 Å². The molecule has 15 heavy (non-hydrogen) atoms. The van der Waals surface area contributed by atoms with Crippen LogP contribution in [-0.2, 0) is 17.3 Å². The van der Waals surface area contributed by atoms with E-state index in [1.807, 2.05) is 11.3 Å². The fraction of sp³-hybridized carbons (Fsp3) is 0.636. The van der Waals surface area contributed by atoms with Gasteiger partial charge in [-0.25, -0.2) is 0 Å². The average Bonchev–Trinajstić information content (AvgIpc) is 2.63. The van der Waals surface area contributed by atoms with Crippen LogP contribution in [0.5, 0.6) is 0 Å². The van der Waals surface area contributed by atoms with Crippen LogP contribution in [0, 0.1) is 6.92 Å². The molecule has 0 aliphatic carbocycles. The Hall–Kier alpha value is -0.190. The second-order valence-electron chi connectivity index (χ2n) is 4.03. The van der Waals surface area contributed by atoms with Gasteiger partial charge in [0.1, 0.15) is 0 Å². The standard InChI is InChI=1S/C11H17NOS2/c1-9-2-5-14-11(9)8-12-10-3-6-15(13)7-4-10/h2,5,10,12H,3-4,6-8H2,1H3. The molecule has 84 valence electrons. The van der Waals surface area contributed by atoms with Crippen LogP contribution in [0.4, 0.5) is 0 Å². The Balaban J connectivity index is 1.79. The van der Waals surface area contributed by atoms with Gasteiger partial charge in [0.05, 0.1) is 0 Å². The summed E-state index contributed by atoms with van der Waals surface area (Å²) in [5, 5.41) is 5.70. The van der Waals surface area contributed by atoms with Crippen molar-refractivity contribution in [3.8, 4) is 0 Å². The Labute approximate surface area is 97.5 Å². The van der Waals surface area contributed by atoms with Crippen molar-refractivity contribution in [2.45, 2.75) is 32.4 Å². The largest absolute Gasteiger partial charge is 0.309 e. The van der Waals surface area contributed by atoms with Crippen LogP contribution in [-0.4, -0.2) is 21.8 Å². The lowest BCUT2D eigenvalue weighted by Crippen LogP contribution is -2.35. The number of nitrogens with one attached hydrogen (secondary N) is 1. The maximum atomic E-state index is 11.2. The quantitative estimate of drug-likeness (QED) is 0.880. The predicted octanol–water partition coefficient (Wildman–Crippen LogP) is 2.06. The molecule has 2 heterocycles. The monoisotopic (exact) mass is 243 g/mol. The number of hydrogen-bond donors (Lipinski definition) is 1. The molecule has 0 saturated carbocycles. The van der Waals surface area contributed by atoms with Gasteiger partial charge in [-0.15, -0.1) is 11.3 Å². The molecule has 2 nitrogen and oxygen atoms in total. The van der Waals surface area contributed by atoms with Gasteiger partial charge in [-0.1, -0.05) is 0 Å². The minimum Gasteiger partial charge on any atom is -0.309 e. The molecule has 0 spiro atoms. The summed E-state index contributed by atoms with van der Waals surface area (Å²) >= 11 is 1.82. The molecule has 1 aliphatic heterocycles. The van der Waals surface area contributed by atoms with Crippen molar-refractivity contribution in [3.05, 3.63) is 21.9 Å².